The highest BCUT2D eigenvalue weighted by molar-refractivity contribution is 7.70. The Hall–Kier alpha value is -1.92. The highest BCUT2D eigenvalue weighted by Gasteiger charge is 2.30. The average Bonchev–Trinajstić information content (AvgIpc) is 3.26. The molecule has 25 heavy (non-hydrogen) atoms. The third kappa shape index (κ3) is 5.54. The van der Waals surface area contributed by atoms with E-state index in [-0.39, 0.29) is 12.6 Å². The van der Waals surface area contributed by atoms with Crippen LogP contribution in [-0.2, 0) is 9.30 Å². The molecule has 0 aromatic heterocycles. The molecule has 1 aliphatic rings. The Morgan fingerprint density at radius 3 is 2.48 bits per heavy atom. The van der Waals surface area contributed by atoms with Crippen LogP contribution in [0, 0.1) is 12.3 Å². The van der Waals surface area contributed by atoms with Crippen LogP contribution < -0.4 is 14.9 Å². The van der Waals surface area contributed by atoms with Gasteiger partial charge in [0.1, 0.15) is 18.5 Å². The van der Waals surface area contributed by atoms with Gasteiger partial charge < -0.3 is 14.0 Å². The van der Waals surface area contributed by atoms with Gasteiger partial charge in [-0.1, -0.05) is 5.92 Å². The molecule has 1 aromatic carbocycles. The third-order valence-corrected chi connectivity index (χ3v) is 5.06. The Morgan fingerprint density at radius 1 is 1.36 bits per heavy atom. The number of ether oxygens (including phenoxy) is 2. The highest BCUT2D eigenvalue weighted by atomic mass is 31.2. The zero-order valence-electron chi connectivity index (χ0n) is 15.5. The fourth-order valence-corrected chi connectivity index (χ4v) is 3.04. The summed E-state index contributed by atoms with van der Waals surface area (Å²) < 4.78 is 23.8. The first-order chi connectivity index (χ1) is 11.5. The maximum Gasteiger partial charge on any atom is 0.415 e. The smallest absolute Gasteiger partial charge is 0.415 e. The van der Waals surface area contributed by atoms with Gasteiger partial charge in [0.25, 0.3) is 0 Å². The van der Waals surface area contributed by atoms with Crippen molar-refractivity contribution < 1.29 is 18.8 Å². The minimum absolute atomic E-state index is 0.0607. The fourth-order valence-electron chi connectivity index (χ4n) is 2.18. The van der Waals surface area contributed by atoms with Crippen molar-refractivity contribution in [3.05, 3.63) is 18.2 Å². The van der Waals surface area contributed by atoms with Gasteiger partial charge in [-0.2, -0.15) is 0 Å². The molecule has 1 amide bonds. The molecule has 0 unspecified atom stereocenters. The minimum atomic E-state index is -2.45. The molecule has 136 valence electrons. The lowest BCUT2D eigenvalue weighted by Gasteiger charge is -2.27. The first-order valence-electron chi connectivity index (χ1n) is 8.31. The van der Waals surface area contributed by atoms with E-state index < -0.39 is 18.8 Å². The molecule has 1 aliphatic carbocycles. The van der Waals surface area contributed by atoms with Crippen molar-refractivity contribution in [2.75, 3.05) is 24.8 Å². The van der Waals surface area contributed by atoms with Crippen LogP contribution in [0.4, 0.5) is 10.5 Å². The van der Waals surface area contributed by atoms with E-state index in [1.807, 2.05) is 0 Å². The lowest BCUT2D eigenvalue weighted by atomic mass is 10.2. The van der Waals surface area contributed by atoms with Crippen molar-refractivity contribution in [3.63, 3.8) is 0 Å². The van der Waals surface area contributed by atoms with Crippen LogP contribution >= 0.6 is 7.14 Å². The number of carbonyl (C=O) groups is 1. The fraction of sp³-hybridized carbons (Fsp3) is 0.526. The number of hydrogen-bond acceptors (Lipinski definition) is 4. The van der Waals surface area contributed by atoms with Crippen molar-refractivity contribution in [2.45, 2.75) is 45.3 Å². The molecule has 0 saturated heterocycles. The Balaban J connectivity index is 2.43. The number of anilines is 1. The molecule has 1 aromatic rings. The van der Waals surface area contributed by atoms with Gasteiger partial charge in [-0.15, -0.1) is 6.42 Å². The molecule has 2 rings (SSSR count). The Kier molecular flexibility index (Phi) is 5.54. The summed E-state index contributed by atoms with van der Waals surface area (Å²) >= 11 is 0. The van der Waals surface area contributed by atoms with Gasteiger partial charge in [0, 0.05) is 5.30 Å². The van der Waals surface area contributed by atoms with Crippen LogP contribution in [0.25, 0.3) is 0 Å². The molecule has 1 fully saturated rings. The number of carbonyl (C=O) groups excluding carboxylic acids is 1. The Labute approximate surface area is 150 Å². The molecule has 0 radical (unpaired) electrons. The summed E-state index contributed by atoms with van der Waals surface area (Å²) in [4.78, 5) is 14.0. The lowest BCUT2D eigenvalue weighted by molar-refractivity contribution is 0.0584. The molecule has 0 atom stereocenters. The van der Waals surface area contributed by atoms with E-state index >= 15 is 0 Å². The Morgan fingerprint density at radius 2 is 2.00 bits per heavy atom. The predicted molar refractivity (Wildman–Crippen MR) is 102 cm³/mol. The van der Waals surface area contributed by atoms with Crippen LogP contribution in [0.1, 0.15) is 33.6 Å². The van der Waals surface area contributed by atoms with Crippen molar-refractivity contribution in [1.29, 1.82) is 0 Å². The van der Waals surface area contributed by atoms with E-state index in [0.29, 0.717) is 16.7 Å². The number of hydrogen-bond donors (Lipinski definition) is 0. The lowest BCUT2D eigenvalue weighted by Crippen LogP contribution is -2.37. The quantitative estimate of drug-likeness (QED) is 0.589. The second-order valence-electron chi connectivity index (χ2n) is 7.59. The van der Waals surface area contributed by atoms with Crippen molar-refractivity contribution >= 4 is 24.2 Å². The standard InChI is InChI=1S/C19H26NO4P/c1-7-12-20(18(21)24-19(2,3)4)16-11-10-15(25(5,6)22)13-17(16)23-14-8-9-14/h1,10-11,13-14H,8-9,12H2,2-6H3. The predicted octanol–water partition coefficient (Wildman–Crippen LogP) is 3.85. The summed E-state index contributed by atoms with van der Waals surface area (Å²) in [6.07, 6.45) is 6.99. The van der Waals surface area contributed by atoms with Crippen molar-refractivity contribution in [3.8, 4) is 18.1 Å². The van der Waals surface area contributed by atoms with Crippen LogP contribution in [-0.4, -0.2) is 37.7 Å². The van der Waals surface area contributed by atoms with E-state index in [9.17, 15) is 9.36 Å². The highest BCUT2D eigenvalue weighted by Crippen LogP contribution is 2.40. The van der Waals surface area contributed by atoms with E-state index in [4.69, 9.17) is 15.9 Å². The zero-order valence-corrected chi connectivity index (χ0v) is 16.4. The van der Waals surface area contributed by atoms with Gasteiger partial charge in [0.2, 0.25) is 0 Å². The maximum absolute atomic E-state index is 12.6. The molecule has 6 heteroatoms. The first kappa shape index (κ1) is 19.4. The Bertz CT molecular complexity index is 735. The first-order valence-corrected chi connectivity index (χ1v) is 10.9. The number of nitrogens with zero attached hydrogens (tertiary/aromatic N) is 1. The van der Waals surface area contributed by atoms with Crippen molar-refractivity contribution in [2.24, 2.45) is 0 Å². The summed E-state index contributed by atoms with van der Waals surface area (Å²) in [6.45, 7) is 8.87. The van der Waals surface area contributed by atoms with Crippen LogP contribution in [0.15, 0.2) is 18.2 Å². The number of benzene rings is 1. The summed E-state index contributed by atoms with van der Waals surface area (Å²) in [5, 5.41) is 0.705. The van der Waals surface area contributed by atoms with E-state index in [1.165, 1.54) is 4.90 Å². The summed E-state index contributed by atoms with van der Waals surface area (Å²) in [7, 11) is -2.45. The van der Waals surface area contributed by atoms with E-state index in [2.05, 4.69) is 5.92 Å². The number of terminal acetylenes is 1. The molecular formula is C19H26NO4P. The van der Waals surface area contributed by atoms with Gasteiger partial charge in [-0.25, -0.2) is 4.79 Å². The van der Waals surface area contributed by atoms with Gasteiger partial charge in [0.05, 0.1) is 18.3 Å². The maximum atomic E-state index is 12.6. The molecule has 0 aliphatic heterocycles. The molecule has 0 bridgehead atoms. The molecule has 5 nitrogen and oxygen atoms in total. The van der Waals surface area contributed by atoms with Gasteiger partial charge in [-0.3, -0.25) is 4.90 Å². The molecule has 1 saturated carbocycles. The van der Waals surface area contributed by atoms with Gasteiger partial charge in [0.15, 0.2) is 0 Å². The van der Waals surface area contributed by atoms with Crippen LogP contribution in [0.3, 0.4) is 0 Å². The SMILES string of the molecule is C#CCN(C(=O)OC(C)(C)C)c1ccc(P(C)(C)=O)cc1OC1CC1. The summed E-state index contributed by atoms with van der Waals surface area (Å²) in [6, 6.07) is 5.24. The van der Waals surface area contributed by atoms with E-state index in [0.717, 1.165) is 12.8 Å². The normalized spacial score (nSPS) is 14.6. The minimum Gasteiger partial charge on any atom is -0.488 e. The second-order valence-corrected chi connectivity index (χ2v) is 10.8. The number of rotatable bonds is 5. The average molecular weight is 363 g/mol. The molecule has 0 heterocycles. The second kappa shape index (κ2) is 7.14. The largest absolute Gasteiger partial charge is 0.488 e. The zero-order chi connectivity index (χ0) is 18.8. The molecular weight excluding hydrogens is 337 g/mol. The molecule has 0 spiro atoms. The third-order valence-electron chi connectivity index (χ3n) is 3.54. The monoisotopic (exact) mass is 363 g/mol. The summed E-state index contributed by atoms with van der Waals surface area (Å²) in [5.41, 5.74) is -0.0968. The van der Waals surface area contributed by atoms with Crippen LogP contribution in [0.5, 0.6) is 5.75 Å². The summed E-state index contributed by atoms with van der Waals surface area (Å²) in [5.74, 6) is 3.01. The number of amides is 1. The van der Waals surface area contributed by atoms with Gasteiger partial charge in [-0.05, 0) is 65.1 Å². The molecule has 0 N–H and O–H groups in total. The van der Waals surface area contributed by atoms with Crippen LogP contribution in [0.2, 0.25) is 0 Å². The van der Waals surface area contributed by atoms with Crippen molar-refractivity contribution in [1.82, 2.24) is 0 Å². The topological polar surface area (TPSA) is 55.8 Å². The van der Waals surface area contributed by atoms with E-state index in [1.54, 1.807) is 52.3 Å². The van der Waals surface area contributed by atoms with Gasteiger partial charge >= 0.3 is 6.09 Å².